The Morgan fingerprint density at radius 2 is 2.40 bits per heavy atom. The summed E-state index contributed by atoms with van der Waals surface area (Å²) in [6, 6.07) is 3.62. The van der Waals surface area contributed by atoms with E-state index in [-0.39, 0.29) is 11.7 Å². The molecule has 78 valence electrons. The van der Waals surface area contributed by atoms with E-state index in [1.807, 2.05) is 11.4 Å². The van der Waals surface area contributed by atoms with Gasteiger partial charge in [0.1, 0.15) is 0 Å². The van der Waals surface area contributed by atoms with E-state index < -0.39 is 0 Å². The molecule has 1 aromatic rings. The van der Waals surface area contributed by atoms with Crippen molar-refractivity contribution >= 4 is 34.8 Å². The minimum Gasteiger partial charge on any atom is -0.309 e. The lowest BCUT2D eigenvalue weighted by Gasteiger charge is -2.07. The molecular weight excluding hydrogens is 230 g/mol. The first-order valence-corrected chi connectivity index (χ1v) is 6.24. The molecule has 0 bridgehead atoms. The summed E-state index contributed by atoms with van der Waals surface area (Å²) in [5.74, 6) is 0.444. The first kappa shape index (κ1) is 10.4. The quantitative estimate of drug-likeness (QED) is 0.585. The number of ketones is 1. The largest absolute Gasteiger partial charge is 0.309 e. The van der Waals surface area contributed by atoms with E-state index in [0.717, 1.165) is 5.03 Å². The second kappa shape index (κ2) is 4.20. The van der Waals surface area contributed by atoms with Crippen LogP contribution in [0.2, 0.25) is 0 Å². The fraction of sp³-hybridized carbons (Fsp3) is 0.200. The van der Waals surface area contributed by atoms with Gasteiger partial charge in [0.05, 0.1) is 15.7 Å². The zero-order valence-electron chi connectivity index (χ0n) is 8.10. The molecule has 1 aliphatic rings. The number of thioether (sulfide) groups is 1. The van der Waals surface area contributed by atoms with Crippen LogP contribution in [0.1, 0.15) is 9.67 Å². The molecule has 2 rings (SSSR count). The van der Waals surface area contributed by atoms with E-state index in [1.165, 1.54) is 34.1 Å². The molecular formula is C10H9NO2S2. The molecule has 0 saturated carbocycles. The van der Waals surface area contributed by atoms with Crippen LogP contribution in [0.25, 0.3) is 0 Å². The van der Waals surface area contributed by atoms with E-state index in [4.69, 9.17) is 0 Å². The molecule has 0 atom stereocenters. The molecule has 2 heterocycles. The molecule has 0 unspecified atom stereocenters. The molecule has 0 aromatic carbocycles. The zero-order valence-corrected chi connectivity index (χ0v) is 9.73. The Morgan fingerprint density at radius 3 is 2.93 bits per heavy atom. The van der Waals surface area contributed by atoms with Gasteiger partial charge in [-0.1, -0.05) is 17.8 Å². The third-order valence-corrected chi connectivity index (χ3v) is 4.03. The summed E-state index contributed by atoms with van der Waals surface area (Å²) in [5.41, 5.74) is 0. The predicted molar refractivity (Wildman–Crippen MR) is 62.0 cm³/mol. The maximum Gasteiger partial charge on any atom is 0.237 e. The lowest BCUT2D eigenvalue weighted by Crippen LogP contribution is -2.19. The fourth-order valence-electron chi connectivity index (χ4n) is 1.19. The van der Waals surface area contributed by atoms with E-state index >= 15 is 0 Å². The minimum absolute atomic E-state index is 0.0333. The highest BCUT2D eigenvalue weighted by atomic mass is 32.2. The molecule has 1 fully saturated rings. The van der Waals surface area contributed by atoms with E-state index in [0.29, 0.717) is 10.6 Å². The van der Waals surface area contributed by atoms with Gasteiger partial charge in [0.15, 0.2) is 5.78 Å². The number of carbonyl (C=O) groups is 2. The Labute approximate surface area is 95.8 Å². The van der Waals surface area contributed by atoms with E-state index in [9.17, 15) is 9.59 Å². The number of thiophene rings is 1. The number of hydrogen-bond acceptors (Lipinski definition) is 4. The second-order valence-electron chi connectivity index (χ2n) is 3.07. The Hall–Kier alpha value is -1.07. The molecule has 0 radical (unpaired) electrons. The molecule has 1 amide bonds. The van der Waals surface area contributed by atoms with E-state index in [2.05, 4.69) is 0 Å². The summed E-state index contributed by atoms with van der Waals surface area (Å²) < 4.78 is 0. The van der Waals surface area contributed by atoms with Crippen LogP contribution in [0, 0.1) is 0 Å². The van der Waals surface area contributed by atoms with Crippen LogP contribution in [0.5, 0.6) is 0 Å². The lowest BCUT2D eigenvalue weighted by atomic mass is 10.3. The summed E-state index contributed by atoms with van der Waals surface area (Å²) >= 11 is 2.82. The average Bonchev–Trinajstić information content (AvgIpc) is 2.83. The highest BCUT2D eigenvalue weighted by Gasteiger charge is 2.23. The van der Waals surface area contributed by atoms with Crippen LogP contribution in [0.3, 0.4) is 0 Å². The van der Waals surface area contributed by atoms with Gasteiger partial charge in [-0.3, -0.25) is 9.59 Å². The SMILES string of the molecule is CN1C(=O)CS/C1=C\C(=O)c1cccs1. The average molecular weight is 239 g/mol. The summed E-state index contributed by atoms with van der Waals surface area (Å²) in [6.07, 6.45) is 1.53. The molecule has 5 heteroatoms. The monoisotopic (exact) mass is 239 g/mol. The van der Waals surface area contributed by atoms with Gasteiger partial charge in [-0.05, 0) is 11.4 Å². The zero-order chi connectivity index (χ0) is 10.8. The number of rotatable bonds is 2. The van der Waals surface area contributed by atoms with Crippen LogP contribution in [0.4, 0.5) is 0 Å². The number of nitrogens with zero attached hydrogens (tertiary/aromatic N) is 1. The van der Waals surface area contributed by atoms with Gasteiger partial charge in [0.25, 0.3) is 0 Å². The van der Waals surface area contributed by atoms with Crippen molar-refractivity contribution in [2.45, 2.75) is 0 Å². The van der Waals surface area contributed by atoms with Gasteiger partial charge in [0, 0.05) is 13.1 Å². The van der Waals surface area contributed by atoms with Crippen molar-refractivity contribution in [2.75, 3.05) is 12.8 Å². The van der Waals surface area contributed by atoms with Gasteiger partial charge in [0.2, 0.25) is 5.91 Å². The van der Waals surface area contributed by atoms with Crippen molar-refractivity contribution in [1.82, 2.24) is 4.90 Å². The molecule has 0 N–H and O–H groups in total. The Bertz CT molecular complexity index is 423. The number of hydrogen-bond donors (Lipinski definition) is 0. The smallest absolute Gasteiger partial charge is 0.237 e. The number of allylic oxidation sites excluding steroid dienone is 1. The lowest BCUT2D eigenvalue weighted by molar-refractivity contribution is -0.124. The molecule has 0 spiro atoms. The summed E-state index contributed by atoms with van der Waals surface area (Å²) in [6.45, 7) is 0. The molecule has 1 saturated heterocycles. The van der Waals surface area contributed by atoms with Crippen molar-refractivity contribution in [2.24, 2.45) is 0 Å². The number of carbonyl (C=O) groups excluding carboxylic acids is 2. The van der Waals surface area contributed by atoms with Crippen molar-refractivity contribution < 1.29 is 9.59 Å². The third kappa shape index (κ3) is 2.13. The standard InChI is InChI=1S/C10H9NO2S2/c1-11-9(13)6-15-10(11)5-7(12)8-3-2-4-14-8/h2-5H,6H2,1H3/b10-5-. The fourth-order valence-corrected chi connectivity index (χ4v) is 2.78. The Morgan fingerprint density at radius 1 is 1.60 bits per heavy atom. The molecule has 1 aromatic heterocycles. The maximum absolute atomic E-state index is 11.7. The predicted octanol–water partition coefficient (Wildman–Crippen LogP) is 1.98. The van der Waals surface area contributed by atoms with Gasteiger partial charge in [-0.15, -0.1) is 11.3 Å². The summed E-state index contributed by atoms with van der Waals surface area (Å²) in [7, 11) is 1.69. The van der Waals surface area contributed by atoms with Gasteiger partial charge >= 0.3 is 0 Å². The van der Waals surface area contributed by atoms with Gasteiger partial charge < -0.3 is 4.90 Å². The number of amides is 1. The summed E-state index contributed by atoms with van der Waals surface area (Å²) in [4.78, 5) is 25.1. The molecule has 15 heavy (non-hydrogen) atoms. The Balaban J connectivity index is 2.18. The highest BCUT2D eigenvalue weighted by molar-refractivity contribution is 8.04. The van der Waals surface area contributed by atoms with Crippen LogP contribution >= 0.6 is 23.1 Å². The second-order valence-corrected chi connectivity index (χ2v) is 5.01. The highest BCUT2D eigenvalue weighted by Crippen LogP contribution is 2.27. The first-order chi connectivity index (χ1) is 7.18. The third-order valence-electron chi connectivity index (χ3n) is 2.07. The normalized spacial score (nSPS) is 18.9. The summed E-state index contributed by atoms with van der Waals surface area (Å²) in [5, 5.41) is 2.60. The van der Waals surface area contributed by atoms with Crippen molar-refractivity contribution in [1.29, 1.82) is 0 Å². The topological polar surface area (TPSA) is 37.4 Å². The molecule has 1 aliphatic heterocycles. The van der Waals surface area contributed by atoms with Crippen LogP contribution in [-0.4, -0.2) is 29.4 Å². The van der Waals surface area contributed by atoms with Crippen molar-refractivity contribution in [3.05, 3.63) is 33.5 Å². The van der Waals surface area contributed by atoms with Crippen molar-refractivity contribution in [3.63, 3.8) is 0 Å². The maximum atomic E-state index is 11.7. The molecule has 0 aliphatic carbocycles. The minimum atomic E-state index is -0.0333. The van der Waals surface area contributed by atoms with Crippen LogP contribution in [0.15, 0.2) is 28.6 Å². The van der Waals surface area contributed by atoms with Gasteiger partial charge in [-0.25, -0.2) is 0 Å². The van der Waals surface area contributed by atoms with Crippen LogP contribution < -0.4 is 0 Å². The van der Waals surface area contributed by atoms with Crippen molar-refractivity contribution in [3.8, 4) is 0 Å². The van der Waals surface area contributed by atoms with Gasteiger partial charge in [-0.2, -0.15) is 0 Å². The van der Waals surface area contributed by atoms with E-state index in [1.54, 1.807) is 13.1 Å². The first-order valence-electron chi connectivity index (χ1n) is 4.37. The van der Waals surface area contributed by atoms with Crippen LogP contribution in [-0.2, 0) is 4.79 Å². The molecule has 3 nitrogen and oxygen atoms in total. The Kier molecular flexibility index (Phi) is 2.93.